The monoisotopic (exact) mass is 248 g/mol. The Morgan fingerprint density at radius 2 is 2.19 bits per heavy atom. The number of aliphatic hydroxyl groups excluding tert-OH is 2. The lowest BCUT2D eigenvalue weighted by atomic mass is 10.2. The number of thioether (sulfide) groups is 1. The summed E-state index contributed by atoms with van der Waals surface area (Å²) >= 11 is 1.67. The Morgan fingerprint density at radius 1 is 1.50 bits per heavy atom. The lowest BCUT2D eigenvalue weighted by Gasteiger charge is -2.21. The van der Waals surface area contributed by atoms with Crippen LogP contribution < -0.4 is 10.6 Å². The molecular weight excluding hydrogens is 228 g/mol. The van der Waals surface area contributed by atoms with E-state index in [0.717, 1.165) is 25.9 Å². The van der Waals surface area contributed by atoms with Crippen LogP contribution in [0, 0.1) is 0 Å². The summed E-state index contributed by atoms with van der Waals surface area (Å²) in [5.41, 5.74) is 0. The third-order valence-electron chi connectivity index (χ3n) is 2.48. The average Bonchev–Trinajstić information content (AvgIpc) is 2.34. The van der Waals surface area contributed by atoms with Crippen molar-refractivity contribution in [1.82, 2.24) is 10.6 Å². The molecule has 6 heteroatoms. The van der Waals surface area contributed by atoms with Gasteiger partial charge in [-0.2, -0.15) is 0 Å². The minimum Gasteiger partial charge on any atom is -0.394 e. The highest BCUT2D eigenvalue weighted by Crippen LogP contribution is 2.19. The number of amides is 1. The van der Waals surface area contributed by atoms with E-state index in [0.29, 0.717) is 11.0 Å². The molecule has 0 spiro atoms. The van der Waals surface area contributed by atoms with E-state index in [2.05, 4.69) is 10.6 Å². The van der Waals surface area contributed by atoms with Gasteiger partial charge in [0.15, 0.2) is 0 Å². The maximum absolute atomic E-state index is 11.4. The molecule has 0 bridgehead atoms. The Bertz CT molecular complexity index is 210. The minimum absolute atomic E-state index is 0.0731. The summed E-state index contributed by atoms with van der Waals surface area (Å²) in [6, 6.07) is 0. The minimum atomic E-state index is -0.854. The van der Waals surface area contributed by atoms with Gasteiger partial charge in [0, 0.05) is 11.8 Å². The summed E-state index contributed by atoms with van der Waals surface area (Å²) in [5.74, 6) is 0.360. The number of carbonyl (C=O) groups excluding carboxylic acids is 1. The first-order valence-corrected chi connectivity index (χ1v) is 6.65. The number of aliphatic hydroxyl groups is 2. The third-order valence-corrected chi connectivity index (χ3v) is 3.85. The van der Waals surface area contributed by atoms with Crippen LogP contribution in [0.25, 0.3) is 0 Å². The van der Waals surface area contributed by atoms with Crippen LogP contribution in [0.1, 0.15) is 12.8 Å². The maximum atomic E-state index is 11.4. The molecule has 0 aliphatic carbocycles. The van der Waals surface area contributed by atoms with E-state index < -0.39 is 6.10 Å². The number of piperidine rings is 1. The fraction of sp³-hybridized carbons (Fsp3) is 0.900. The molecule has 1 fully saturated rings. The lowest BCUT2D eigenvalue weighted by molar-refractivity contribution is -0.119. The molecule has 1 heterocycles. The quantitative estimate of drug-likeness (QED) is 0.482. The lowest BCUT2D eigenvalue weighted by Crippen LogP contribution is -2.36. The molecule has 0 aromatic rings. The van der Waals surface area contributed by atoms with Crippen LogP contribution in [0.3, 0.4) is 0 Å². The predicted molar refractivity (Wildman–Crippen MR) is 64.5 cm³/mol. The van der Waals surface area contributed by atoms with Crippen molar-refractivity contribution in [3.05, 3.63) is 0 Å². The molecule has 94 valence electrons. The van der Waals surface area contributed by atoms with Gasteiger partial charge in [-0.05, 0) is 25.9 Å². The van der Waals surface area contributed by atoms with E-state index in [9.17, 15) is 4.79 Å². The summed E-state index contributed by atoms with van der Waals surface area (Å²) in [5, 5.41) is 24.0. The third kappa shape index (κ3) is 5.69. The standard InChI is InChI=1S/C10H20N2O3S/c13-6-8(14)5-12-10(15)7-16-9-1-3-11-4-2-9/h8-9,11,13-14H,1-7H2,(H,12,15). The van der Waals surface area contributed by atoms with Gasteiger partial charge >= 0.3 is 0 Å². The molecule has 0 aromatic heterocycles. The van der Waals surface area contributed by atoms with Crippen LogP contribution in [0.5, 0.6) is 0 Å². The molecule has 1 aliphatic heterocycles. The van der Waals surface area contributed by atoms with Crippen molar-refractivity contribution in [3.63, 3.8) is 0 Å². The second kappa shape index (κ2) is 7.89. The fourth-order valence-electron chi connectivity index (χ4n) is 1.50. The number of hydrogen-bond acceptors (Lipinski definition) is 5. The van der Waals surface area contributed by atoms with E-state index >= 15 is 0 Å². The molecular formula is C10H20N2O3S. The van der Waals surface area contributed by atoms with E-state index in [-0.39, 0.29) is 19.1 Å². The summed E-state index contributed by atoms with van der Waals surface area (Å²) in [6.45, 7) is 1.87. The van der Waals surface area contributed by atoms with Gasteiger partial charge in [0.05, 0.1) is 18.5 Å². The largest absolute Gasteiger partial charge is 0.394 e. The van der Waals surface area contributed by atoms with Crippen LogP contribution in [0.15, 0.2) is 0 Å². The molecule has 16 heavy (non-hydrogen) atoms. The van der Waals surface area contributed by atoms with E-state index in [1.54, 1.807) is 11.8 Å². The molecule has 1 unspecified atom stereocenters. The average molecular weight is 248 g/mol. The number of rotatable bonds is 6. The van der Waals surface area contributed by atoms with Gasteiger partial charge in [0.2, 0.25) is 5.91 Å². The first-order chi connectivity index (χ1) is 7.72. The van der Waals surface area contributed by atoms with Gasteiger partial charge in [0.25, 0.3) is 0 Å². The van der Waals surface area contributed by atoms with Gasteiger partial charge in [-0.3, -0.25) is 4.79 Å². The van der Waals surface area contributed by atoms with Crippen LogP contribution in [-0.4, -0.2) is 59.5 Å². The Hall–Kier alpha value is -0.300. The van der Waals surface area contributed by atoms with Crippen LogP contribution >= 0.6 is 11.8 Å². The van der Waals surface area contributed by atoms with Gasteiger partial charge in [-0.1, -0.05) is 0 Å². The van der Waals surface area contributed by atoms with Crippen molar-refractivity contribution in [3.8, 4) is 0 Å². The number of carbonyl (C=O) groups is 1. The van der Waals surface area contributed by atoms with Crippen molar-refractivity contribution in [2.75, 3.05) is 32.0 Å². The molecule has 0 radical (unpaired) electrons. The molecule has 5 nitrogen and oxygen atoms in total. The molecule has 1 aliphatic rings. The Kier molecular flexibility index (Phi) is 6.79. The van der Waals surface area contributed by atoms with Crippen LogP contribution in [0.4, 0.5) is 0 Å². The highest BCUT2D eigenvalue weighted by molar-refractivity contribution is 8.00. The second-order valence-electron chi connectivity index (χ2n) is 3.90. The number of nitrogens with one attached hydrogen (secondary N) is 2. The van der Waals surface area contributed by atoms with E-state index in [1.165, 1.54) is 0 Å². The molecule has 0 saturated carbocycles. The van der Waals surface area contributed by atoms with Crippen molar-refractivity contribution in [2.24, 2.45) is 0 Å². The first-order valence-electron chi connectivity index (χ1n) is 5.60. The molecule has 1 saturated heterocycles. The molecule has 1 amide bonds. The number of hydrogen-bond donors (Lipinski definition) is 4. The smallest absolute Gasteiger partial charge is 0.230 e. The summed E-state index contributed by atoms with van der Waals surface area (Å²) < 4.78 is 0. The Balaban J connectivity index is 2.05. The van der Waals surface area contributed by atoms with Crippen molar-refractivity contribution in [1.29, 1.82) is 0 Å². The fourth-order valence-corrected chi connectivity index (χ4v) is 2.56. The molecule has 1 rings (SSSR count). The van der Waals surface area contributed by atoms with E-state index in [4.69, 9.17) is 10.2 Å². The zero-order valence-electron chi connectivity index (χ0n) is 9.32. The first kappa shape index (κ1) is 13.8. The molecule has 0 aromatic carbocycles. The predicted octanol–water partition coefficient (Wildman–Crippen LogP) is -1.06. The highest BCUT2D eigenvalue weighted by Gasteiger charge is 2.15. The topological polar surface area (TPSA) is 81.6 Å². The second-order valence-corrected chi connectivity index (χ2v) is 5.19. The van der Waals surface area contributed by atoms with Gasteiger partial charge < -0.3 is 20.8 Å². The summed E-state index contributed by atoms with van der Waals surface area (Å²) in [4.78, 5) is 11.4. The molecule has 4 N–H and O–H groups in total. The van der Waals surface area contributed by atoms with Crippen molar-refractivity contribution < 1.29 is 15.0 Å². The van der Waals surface area contributed by atoms with Gasteiger partial charge in [-0.15, -0.1) is 11.8 Å². The van der Waals surface area contributed by atoms with Crippen molar-refractivity contribution >= 4 is 17.7 Å². The maximum Gasteiger partial charge on any atom is 0.230 e. The van der Waals surface area contributed by atoms with Crippen LogP contribution in [0.2, 0.25) is 0 Å². The van der Waals surface area contributed by atoms with Crippen LogP contribution in [-0.2, 0) is 4.79 Å². The normalized spacial score (nSPS) is 19.4. The van der Waals surface area contributed by atoms with Crippen molar-refractivity contribution in [2.45, 2.75) is 24.2 Å². The Labute approximate surface area is 100.0 Å². The highest BCUT2D eigenvalue weighted by atomic mass is 32.2. The van der Waals surface area contributed by atoms with E-state index in [1.807, 2.05) is 0 Å². The molecule has 1 atom stereocenters. The zero-order valence-corrected chi connectivity index (χ0v) is 10.1. The Morgan fingerprint density at radius 3 is 2.81 bits per heavy atom. The van der Waals surface area contributed by atoms with Gasteiger partial charge in [0.1, 0.15) is 0 Å². The zero-order chi connectivity index (χ0) is 11.8. The van der Waals surface area contributed by atoms with Gasteiger partial charge in [-0.25, -0.2) is 0 Å². The SMILES string of the molecule is O=C(CSC1CCNCC1)NCC(O)CO. The summed E-state index contributed by atoms with van der Waals surface area (Å²) in [7, 11) is 0. The summed E-state index contributed by atoms with van der Waals surface area (Å²) in [6.07, 6.45) is 1.36.